The first-order chi connectivity index (χ1) is 12.5. The SMILES string of the molecule is CCOc1cc(CN(C)C(=O)CCC2CCNCC2)ccc1OC(F)F. The van der Waals surface area contributed by atoms with Crippen LogP contribution in [0.4, 0.5) is 8.78 Å². The highest BCUT2D eigenvalue weighted by atomic mass is 19.3. The average Bonchev–Trinajstić information content (AvgIpc) is 2.62. The molecule has 5 nitrogen and oxygen atoms in total. The maximum atomic E-state index is 12.5. The predicted octanol–water partition coefficient (Wildman–Crippen LogP) is 3.42. The third-order valence-electron chi connectivity index (χ3n) is 4.59. The van der Waals surface area contributed by atoms with Crippen molar-refractivity contribution in [2.45, 2.75) is 45.8 Å². The maximum Gasteiger partial charge on any atom is 0.387 e. The lowest BCUT2D eigenvalue weighted by atomic mass is 9.93. The van der Waals surface area contributed by atoms with Crippen molar-refractivity contribution in [2.24, 2.45) is 5.92 Å². The fourth-order valence-electron chi connectivity index (χ4n) is 3.16. The van der Waals surface area contributed by atoms with Crippen LogP contribution in [0, 0.1) is 5.92 Å². The molecular formula is C19H28F2N2O3. The quantitative estimate of drug-likeness (QED) is 0.724. The van der Waals surface area contributed by atoms with E-state index in [1.807, 2.05) is 0 Å². The van der Waals surface area contributed by atoms with Crippen molar-refractivity contribution in [3.05, 3.63) is 23.8 Å². The molecule has 0 aromatic heterocycles. The third-order valence-corrected chi connectivity index (χ3v) is 4.59. The van der Waals surface area contributed by atoms with Crippen molar-refractivity contribution in [3.63, 3.8) is 0 Å². The van der Waals surface area contributed by atoms with Crippen LogP contribution in [-0.4, -0.2) is 44.2 Å². The van der Waals surface area contributed by atoms with Gasteiger partial charge in [-0.1, -0.05) is 6.07 Å². The summed E-state index contributed by atoms with van der Waals surface area (Å²) in [7, 11) is 1.76. The number of nitrogens with one attached hydrogen (secondary N) is 1. The third kappa shape index (κ3) is 6.44. The first-order valence-corrected chi connectivity index (χ1v) is 9.14. The summed E-state index contributed by atoms with van der Waals surface area (Å²) in [5.74, 6) is 0.977. The van der Waals surface area contributed by atoms with Crippen molar-refractivity contribution in [1.29, 1.82) is 0 Å². The molecule has 1 aromatic carbocycles. The van der Waals surface area contributed by atoms with Gasteiger partial charge >= 0.3 is 6.61 Å². The molecule has 0 aliphatic carbocycles. The Morgan fingerprint density at radius 1 is 1.31 bits per heavy atom. The number of carbonyl (C=O) groups excluding carboxylic acids is 1. The average molecular weight is 370 g/mol. The second-order valence-corrected chi connectivity index (χ2v) is 6.57. The zero-order valence-corrected chi connectivity index (χ0v) is 15.5. The van der Waals surface area contributed by atoms with Crippen LogP contribution < -0.4 is 14.8 Å². The van der Waals surface area contributed by atoms with Gasteiger partial charge in [-0.05, 0) is 62.9 Å². The summed E-state index contributed by atoms with van der Waals surface area (Å²) < 4.78 is 34.8. The molecule has 0 bridgehead atoms. The number of alkyl halides is 2. The minimum absolute atomic E-state index is 0.00508. The first-order valence-electron chi connectivity index (χ1n) is 9.14. The van der Waals surface area contributed by atoms with Gasteiger partial charge in [0.25, 0.3) is 0 Å². The highest BCUT2D eigenvalue weighted by molar-refractivity contribution is 5.75. The van der Waals surface area contributed by atoms with E-state index in [9.17, 15) is 13.6 Å². The van der Waals surface area contributed by atoms with E-state index in [2.05, 4.69) is 10.1 Å². The van der Waals surface area contributed by atoms with Gasteiger partial charge in [0, 0.05) is 20.0 Å². The molecular weight excluding hydrogens is 342 g/mol. The minimum Gasteiger partial charge on any atom is -0.490 e. The monoisotopic (exact) mass is 370 g/mol. The van der Waals surface area contributed by atoms with Crippen LogP contribution in [0.5, 0.6) is 11.5 Å². The highest BCUT2D eigenvalue weighted by Gasteiger charge is 2.17. The molecule has 0 unspecified atom stereocenters. The smallest absolute Gasteiger partial charge is 0.387 e. The van der Waals surface area contributed by atoms with Gasteiger partial charge in [0.05, 0.1) is 6.61 Å². The lowest BCUT2D eigenvalue weighted by Crippen LogP contribution is -2.30. The van der Waals surface area contributed by atoms with E-state index >= 15 is 0 Å². The highest BCUT2D eigenvalue weighted by Crippen LogP contribution is 2.30. The molecule has 0 atom stereocenters. The van der Waals surface area contributed by atoms with Gasteiger partial charge in [0.2, 0.25) is 5.91 Å². The summed E-state index contributed by atoms with van der Waals surface area (Å²) in [6, 6.07) is 4.79. The molecule has 2 rings (SSSR count). The van der Waals surface area contributed by atoms with Gasteiger partial charge < -0.3 is 19.7 Å². The molecule has 0 saturated carbocycles. The summed E-state index contributed by atoms with van der Waals surface area (Å²) >= 11 is 0. The van der Waals surface area contributed by atoms with Gasteiger partial charge in [0.15, 0.2) is 11.5 Å². The number of hydrogen-bond donors (Lipinski definition) is 1. The van der Waals surface area contributed by atoms with Crippen molar-refractivity contribution in [2.75, 3.05) is 26.7 Å². The largest absolute Gasteiger partial charge is 0.490 e. The summed E-state index contributed by atoms with van der Waals surface area (Å²) in [4.78, 5) is 14.0. The van der Waals surface area contributed by atoms with Crippen LogP contribution in [0.15, 0.2) is 18.2 Å². The predicted molar refractivity (Wildman–Crippen MR) is 95.5 cm³/mol. The zero-order chi connectivity index (χ0) is 18.9. The van der Waals surface area contributed by atoms with Gasteiger partial charge in [-0.15, -0.1) is 0 Å². The molecule has 1 N–H and O–H groups in total. The molecule has 1 saturated heterocycles. The van der Waals surface area contributed by atoms with Gasteiger partial charge in [-0.2, -0.15) is 8.78 Å². The molecule has 1 aliphatic rings. The van der Waals surface area contributed by atoms with E-state index in [0.29, 0.717) is 25.5 Å². The molecule has 1 amide bonds. The number of carbonyl (C=O) groups is 1. The van der Waals surface area contributed by atoms with Crippen LogP contribution >= 0.6 is 0 Å². The number of hydrogen-bond acceptors (Lipinski definition) is 4. The van der Waals surface area contributed by atoms with Crippen molar-refractivity contribution in [1.82, 2.24) is 10.2 Å². The van der Waals surface area contributed by atoms with Gasteiger partial charge in [-0.3, -0.25) is 4.79 Å². The zero-order valence-electron chi connectivity index (χ0n) is 15.5. The Morgan fingerprint density at radius 2 is 2.04 bits per heavy atom. The molecule has 0 radical (unpaired) electrons. The van der Waals surface area contributed by atoms with Crippen molar-refractivity contribution < 1.29 is 23.0 Å². The Bertz CT molecular complexity index is 578. The van der Waals surface area contributed by atoms with E-state index in [4.69, 9.17) is 4.74 Å². The Kier molecular flexibility index (Phi) is 8.09. The summed E-state index contributed by atoms with van der Waals surface area (Å²) in [5.41, 5.74) is 0.813. The number of ether oxygens (including phenoxy) is 2. The van der Waals surface area contributed by atoms with E-state index in [1.54, 1.807) is 31.0 Å². The van der Waals surface area contributed by atoms with E-state index in [-0.39, 0.29) is 17.4 Å². The number of piperidine rings is 1. The second kappa shape index (κ2) is 10.3. The number of halogens is 2. The minimum atomic E-state index is -2.90. The Morgan fingerprint density at radius 3 is 2.69 bits per heavy atom. The topological polar surface area (TPSA) is 50.8 Å². The van der Waals surface area contributed by atoms with E-state index in [1.165, 1.54) is 6.07 Å². The van der Waals surface area contributed by atoms with Crippen LogP contribution in [0.25, 0.3) is 0 Å². The van der Waals surface area contributed by atoms with Crippen LogP contribution in [0.3, 0.4) is 0 Å². The number of benzene rings is 1. The number of amides is 1. The molecule has 1 fully saturated rings. The Balaban J connectivity index is 1.90. The summed E-state index contributed by atoms with van der Waals surface area (Å²) in [6.45, 7) is 1.67. The van der Waals surface area contributed by atoms with Crippen molar-refractivity contribution in [3.8, 4) is 11.5 Å². The molecule has 1 heterocycles. The van der Waals surface area contributed by atoms with Crippen molar-refractivity contribution >= 4 is 5.91 Å². The van der Waals surface area contributed by atoms with E-state index in [0.717, 1.165) is 37.9 Å². The maximum absolute atomic E-state index is 12.5. The Labute approximate surface area is 153 Å². The summed E-state index contributed by atoms with van der Waals surface area (Å²) in [6.07, 6.45) is 3.70. The molecule has 146 valence electrons. The number of rotatable bonds is 9. The van der Waals surface area contributed by atoms with Gasteiger partial charge in [0.1, 0.15) is 0 Å². The second-order valence-electron chi connectivity index (χ2n) is 6.57. The standard InChI is InChI=1S/C19H28F2N2O3/c1-3-25-17-12-15(4-6-16(17)26-19(20)21)13-23(2)18(24)7-5-14-8-10-22-11-9-14/h4,6,12,14,19,22H,3,5,7-11,13H2,1-2H3. The van der Waals surface area contributed by atoms with Crippen LogP contribution in [-0.2, 0) is 11.3 Å². The molecule has 0 spiro atoms. The van der Waals surface area contributed by atoms with E-state index < -0.39 is 6.61 Å². The molecule has 7 heteroatoms. The summed E-state index contributed by atoms with van der Waals surface area (Å²) in [5, 5.41) is 3.33. The number of nitrogens with zero attached hydrogens (tertiary/aromatic N) is 1. The lowest BCUT2D eigenvalue weighted by Gasteiger charge is -2.24. The molecule has 1 aromatic rings. The normalized spacial score (nSPS) is 15.1. The fraction of sp³-hybridized carbons (Fsp3) is 0.632. The van der Waals surface area contributed by atoms with Gasteiger partial charge in [-0.25, -0.2) is 0 Å². The molecule has 1 aliphatic heterocycles. The fourth-order valence-corrected chi connectivity index (χ4v) is 3.16. The first kappa shape index (κ1) is 20.4. The van der Waals surface area contributed by atoms with Crippen LogP contribution in [0.1, 0.15) is 38.2 Å². The molecule has 26 heavy (non-hydrogen) atoms. The van der Waals surface area contributed by atoms with Crippen LogP contribution in [0.2, 0.25) is 0 Å². The lowest BCUT2D eigenvalue weighted by molar-refractivity contribution is -0.130. The Hall–Kier alpha value is -1.89.